The van der Waals surface area contributed by atoms with Gasteiger partial charge in [0.2, 0.25) is 10.0 Å². The number of hydrogen-bond acceptors (Lipinski definition) is 4. The van der Waals surface area contributed by atoms with Crippen LogP contribution in [0.3, 0.4) is 0 Å². The molecule has 0 saturated heterocycles. The van der Waals surface area contributed by atoms with Crippen molar-refractivity contribution in [3.63, 3.8) is 0 Å². The van der Waals surface area contributed by atoms with Crippen molar-refractivity contribution in [2.45, 2.75) is 36.5 Å². The predicted octanol–water partition coefficient (Wildman–Crippen LogP) is 2.44. The second-order valence-corrected chi connectivity index (χ2v) is 7.52. The highest BCUT2D eigenvalue weighted by Crippen LogP contribution is 2.21. The molecule has 0 aromatic heterocycles. The average Bonchev–Trinajstić information content (AvgIpc) is 2.34. The summed E-state index contributed by atoms with van der Waals surface area (Å²) in [5, 5.41) is 0.518. The minimum absolute atomic E-state index is 0.0289. The number of alkyl halides is 1. The average molecular weight is 364 g/mol. The number of benzene rings is 1. The zero-order chi connectivity index (χ0) is 15.6. The molecule has 1 N–H and O–H groups in total. The first kappa shape index (κ1) is 17.1. The fraction of sp³-hybridized carbons (Fsp3) is 0.462. The fourth-order valence-corrected chi connectivity index (χ4v) is 3.57. The van der Waals surface area contributed by atoms with Gasteiger partial charge in [-0.05, 0) is 38.5 Å². The lowest BCUT2D eigenvalue weighted by Crippen LogP contribution is -2.41. The zero-order valence-corrected chi connectivity index (χ0v) is 14.3. The van der Waals surface area contributed by atoms with E-state index in [2.05, 4.69) is 25.4 Å². The van der Waals surface area contributed by atoms with Crippen LogP contribution < -0.4 is 4.72 Å². The number of halogens is 1. The van der Waals surface area contributed by atoms with E-state index in [4.69, 9.17) is 0 Å². The predicted molar refractivity (Wildman–Crippen MR) is 80.5 cm³/mol. The van der Waals surface area contributed by atoms with E-state index in [9.17, 15) is 13.2 Å². The SMILES string of the molecule is COC(=O)c1cc(CBr)ccc1S(=O)(=O)NC(C)(C)C. The van der Waals surface area contributed by atoms with Crippen LogP contribution in [0.25, 0.3) is 0 Å². The van der Waals surface area contributed by atoms with Crippen molar-refractivity contribution >= 4 is 31.9 Å². The second kappa shape index (κ2) is 6.24. The number of nitrogens with one attached hydrogen (secondary N) is 1. The third-order valence-corrected chi connectivity index (χ3v) is 4.80. The Morgan fingerprint density at radius 1 is 1.35 bits per heavy atom. The molecular weight excluding hydrogens is 346 g/mol. The number of sulfonamides is 1. The van der Waals surface area contributed by atoms with Gasteiger partial charge in [0.05, 0.1) is 17.6 Å². The third kappa shape index (κ3) is 4.29. The van der Waals surface area contributed by atoms with Gasteiger partial charge in [-0.3, -0.25) is 0 Å². The highest BCUT2D eigenvalue weighted by molar-refractivity contribution is 9.08. The number of rotatable bonds is 4. The van der Waals surface area contributed by atoms with Crippen LogP contribution in [0.5, 0.6) is 0 Å². The summed E-state index contributed by atoms with van der Waals surface area (Å²) in [7, 11) is -2.58. The summed E-state index contributed by atoms with van der Waals surface area (Å²) in [5.41, 5.74) is 0.182. The summed E-state index contributed by atoms with van der Waals surface area (Å²) in [6.45, 7) is 5.19. The van der Waals surface area contributed by atoms with E-state index >= 15 is 0 Å². The van der Waals surface area contributed by atoms with Crippen LogP contribution >= 0.6 is 15.9 Å². The van der Waals surface area contributed by atoms with E-state index in [1.807, 2.05) is 0 Å². The summed E-state index contributed by atoms with van der Waals surface area (Å²) in [6, 6.07) is 4.58. The highest BCUT2D eigenvalue weighted by Gasteiger charge is 2.27. The summed E-state index contributed by atoms with van der Waals surface area (Å²) in [5.74, 6) is -0.679. The van der Waals surface area contributed by atoms with Gasteiger partial charge < -0.3 is 4.74 Å². The molecule has 1 aromatic rings. The summed E-state index contributed by atoms with van der Waals surface area (Å²) in [4.78, 5) is 11.7. The maximum Gasteiger partial charge on any atom is 0.339 e. The molecule has 0 aliphatic carbocycles. The Bertz CT molecular complexity index is 605. The normalized spacial score (nSPS) is 12.2. The number of esters is 1. The Morgan fingerprint density at radius 2 is 1.95 bits per heavy atom. The van der Waals surface area contributed by atoms with Gasteiger partial charge in [-0.2, -0.15) is 0 Å². The number of ether oxygens (including phenoxy) is 1. The summed E-state index contributed by atoms with van der Waals surface area (Å²) < 4.78 is 31.9. The Labute approximate surface area is 127 Å². The molecule has 7 heteroatoms. The summed E-state index contributed by atoms with van der Waals surface area (Å²) in [6.07, 6.45) is 0. The van der Waals surface area contributed by atoms with Crippen molar-refractivity contribution in [1.29, 1.82) is 0 Å². The standard InChI is InChI=1S/C13H18BrNO4S/c1-13(2,3)15-20(17,18)11-6-5-9(8-14)7-10(11)12(16)19-4/h5-7,15H,8H2,1-4H3. The molecule has 0 radical (unpaired) electrons. The van der Waals surface area contributed by atoms with Crippen LogP contribution in [0.1, 0.15) is 36.7 Å². The first-order valence-corrected chi connectivity index (χ1v) is 8.52. The van der Waals surface area contributed by atoms with Crippen molar-refractivity contribution in [1.82, 2.24) is 4.72 Å². The van der Waals surface area contributed by atoms with Gasteiger partial charge >= 0.3 is 5.97 Å². The Hall–Kier alpha value is -0.920. The van der Waals surface area contributed by atoms with E-state index in [1.54, 1.807) is 26.8 Å². The van der Waals surface area contributed by atoms with E-state index in [0.717, 1.165) is 5.56 Å². The van der Waals surface area contributed by atoms with E-state index in [1.165, 1.54) is 19.2 Å². The van der Waals surface area contributed by atoms with Crippen LogP contribution in [-0.4, -0.2) is 27.0 Å². The van der Waals surface area contributed by atoms with Crippen molar-refractivity contribution < 1.29 is 17.9 Å². The van der Waals surface area contributed by atoms with E-state index in [-0.39, 0.29) is 10.5 Å². The monoisotopic (exact) mass is 363 g/mol. The van der Waals surface area contributed by atoms with Crippen LogP contribution in [0.4, 0.5) is 0 Å². The molecule has 0 unspecified atom stereocenters. The molecule has 1 rings (SSSR count). The molecule has 0 bridgehead atoms. The highest BCUT2D eigenvalue weighted by atomic mass is 79.9. The summed E-state index contributed by atoms with van der Waals surface area (Å²) >= 11 is 3.27. The lowest BCUT2D eigenvalue weighted by molar-refractivity contribution is 0.0596. The molecule has 0 fully saturated rings. The van der Waals surface area contributed by atoms with Gasteiger partial charge in [0.25, 0.3) is 0 Å². The minimum atomic E-state index is -3.79. The van der Waals surface area contributed by atoms with Gasteiger partial charge in [-0.1, -0.05) is 22.0 Å². The lowest BCUT2D eigenvalue weighted by atomic mass is 10.1. The van der Waals surface area contributed by atoms with Gasteiger partial charge in [0.15, 0.2) is 0 Å². The second-order valence-electron chi connectivity index (χ2n) is 5.31. The molecule has 0 aliphatic heterocycles. The quantitative estimate of drug-likeness (QED) is 0.658. The van der Waals surface area contributed by atoms with E-state index < -0.39 is 21.5 Å². The topological polar surface area (TPSA) is 72.5 Å². The molecule has 0 saturated carbocycles. The number of hydrogen-bond donors (Lipinski definition) is 1. The van der Waals surface area contributed by atoms with Crippen molar-refractivity contribution in [2.24, 2.45) is 0 Å². The Balaban J connectivity index is 3.41. The molecule has 112 valence electrons. The molecule has 5 nitrogen and oxygen atoms in total. The first-order chi connectivity index (χ1) is 9.10. The molecule has 0 spiro atoms. The van der Waals surface area contributed by atoms with Gasteiger partial charge in [0.1, 0.15) is 0 Å². The maximum atomic E-state index is 12.4. The van der Waals surface area contributed by atoms with Gasteiger partial charge in [-0.25, -0.2) is 17.9 Å². The minimum Gasteiger partial charge on any atom is -0.465 e. The molecule has 0 atom stereocenters. The van der Waals surface area contributed by atoms with Crippen LogP contribution in [0.2, 0.25) is 0 Å². The van der Waals surface area contributed by atoms with Crippen molar-refractivity contribution in [2.75, 3.05) is 7.11 Å². The lowest BCUT2D eigenvalue weighted by Gasteiger charge is -2.21. The van der Waals surface area contributed by atoms with Crippen LogP contribution in [-0.2, 0) is 20.1 Å². The molecule has 0 amide bonds. The van der Waals surface area contributed by atoms with Crippen molar-refractivity contribution in [3.8, 4) is 0 Å². The molecule has 0 heterocycles. The molecule has 0 aliphatic rings. The fourth-order valence-electron chi connectivity index (χ4n) is 1.62. The largest absolute Gasteiger partial charge is 0.465 e. The first-order valence-electron chi connectivity index (χ1n) is 5.92. The van der Waals surface area contributed by atoms with E-state index in [0.29, 0.717) is 5.33 Å². The molecular formula is C13H18BrNO4S. The molecule has 20 heavy (non-hydrogen) atoms. The zero-order valence-electron chi connectivity index (χ0n) is 11.9. The molecule has 1 aromatic carbocycles. The smallest absolute Gasteiger partial charge is 0.339 e. The Kier molecular flexibility index (Phi) is 5.34. The van der Waals surface area contributed by atoms with Crippen molar-refractivity contribution in [3.05, 3.63) is 29.3 Å². The third-order valence-electron chi connectivity index (χ3n) is 2.33. The van der Waals surface area contributed by atoms with Crippen LogP contribution in [0.15, 0.2) is 23.1 Å². The van der Waals surface area contributed by atoms with Gasteiger partial charge in [0, 0.05) is 10.9 Å². The number of carbonyl (C=O) groups is 1. The van der Waals surface area contributed by atoms with Gasteiger partial charge in [-0.15, -0.1) is 0 Å². The number of methoxy groups -OCH3 is 1. The maximum absolute atomic E-state index is 12.4. The Morgan fingerprint density at radius 3 is 2.40 bits per heavy atom. The number of carbonyl (C=O) groups excluding carboxylic acids is 1. The van der Waals surface area contributed by atoms with Crippen LogP contribution in [0, 0.1) is 0 Å².